The van der Waals surface area contributed by atoms with Gasteiger partial charge in [0.1, 0.15) is 24.1 Å². The van der Waals surface area contributed by atoms with Crippen LogP contribution in [0.1, 0.15) is 6.23 Å². The lowest BCUT2D eigenvalue weighted by molar-refractivity contribution is -0.0513. The lowest BCUT2D eigenvalue weighted by Crippen LogP contribution is -2.44. The van der Waals surface area contributed by atoms with Crippen molar-refractivity contribution in [2.45, 2.75) is 24.6 Å². The fourth-order valence-electron chi connectivity index (χ4n) is 3.17. The maximum Gasteiger partial charge on any atom is 0.173 e. The number of anilines is 1. The molecule has 2 aliphatic heterocycles. The second-order valence-electron chi connectivity index (χ2n) is 6.00. The highest BCUT2D eigenvalue weighted by molar-refractivity contribution is 5.81. The number of imidazole rings is 1. The zero-order valence-electron chi connectivity index (χ0n) is 13.0. The summed E-state index contributed by atoms with van der Waals surface area (Å²) in [6.45, 7) is 3.20. The van der Waals surface area contributed by atoms with E-state index < -0.39 is 24.6 Å². The fraction of sp³-hybridized carbons (Fsp3) is 0.643. The molecule has 4 atom stereocenters. The minimum Gasteiger partial charge on any atom is -0.387 e. The first-order valence-corrected chi connectivity index (χ1v) is 7.86. The van der Waals surface area contributed by atoms with Crippen LogP contribution in [0.5, 0.6) is 0 Å². The SMILES string of the molecule is Nc1ncnc2c1ncn2[C@@H]1O[C@H](CN2CCOCC2)[C@@H](O)[C@@H]1F. The molecule has 3 N–H and O–H groups in total. The Bertz CT molecular complexity index is 722. The van der Waals surface area contributed by atoms with Crippen molar-refractivity contribution < 1.29 is 19.0 Å². The number of fused-ring (bicyclic) bond motifs is 1. The summed E-state index contributed by atoms with van der Waals surface area (Å²) in [5.74, 6) is 0.220. The Morgan fingerprint density at radius 2 is 2.08 bits per heavy atom. The van der Waals surface area contributed by atoms with E-state index in [4.69, 9.17) is 15.2 Å². The maximum absolute atomic E-state index is 14.6. The molecule has 0 aliphatic carbocycles. The third kappa shape index (κ3) is 2.61. The standard InChI is InChI=1S/C14H19FN6O3/c15-9-11(22)8(5-20-1-3-23-4-2-20)24-14(9)21-7-19-10-12(16)17-6-18-13(10)21/h6-9,11,14,22H,1-5H2,(H2,16,17,18)/t8-,9+,11-,14-/m1/s1. The second kappa shape index (κ2) is 6.20. The molecule has 4 rings (SSSR count). The Labute approximate surface area is 137 Å². The first-order valence-electron chi connectivity index (χ1n) is 7.86. The zero-order chi connectivity index (χ0) is 16.7. The van der Waals surface area contributed by atoms with E-state index in [0.717, 1.165) is 13.1 Å². The van der Waals surface area contributed by atoms with Gasteiger partial charge >= 0.3 is 0 Å². The number of nitrogens with zero attached hydrogens (tertiary/aromatic N) is 5. The smallest absolute Gasteiger partial charge is 0.173 e. The van der Waals surface area contributed by atoms with Gasteiger partial charge in [0.2, 0.25) is 0 Å². The van der Waals surface area contributed by atoms with Crippen LogP contribution >= 0.6 is 0 Å². The summed E-state index contributed by atoms with van der Waals surface area (Å²) in [7, 11) is 0. The average molecular weight is 338 g/mol. The molecular weight excluding hydrogens is 319 g/mol. The maximum atomic E-state index is 14.6. The highest BCUT2D eigenvalue weighted by Crippen LogP contribution is 2.34. The van der Waals surface area contributed by atoms with Crippen LogP contribution in [-0.4, -0.2) is 80.8 Å². The Balaban J connectivity index is 1.56. The topological polar surface area (TPSA) is 112 Å². The van der Waals surface area contributed by atoms with E-state index in [1.807, 2.05) is 0 Å². The van der Waals surface area contributed by atoms with E-state index >= 15 is 0 Å². The van der Waals surface area contributed by atoms with Crippen LogP contribution in [-0.2, 0) is 9.47 Å². The molecule has 0 amide bonds. The summed E-state index contributed by atoms with van der Waals surface area (Å²) in [5.41, 5.74) is 6.52. The molecule has 9 nitrogen and oxygen atoms in total. The van der Waals surface area contributed by atoms with Crippen molar-refractivity contribution in [3.05, 3.63) is 12.7 Å². The normalized spacial score (nSPS) is 31.8. The van der Waals surface area contributed by atoms with Crippen LogP contribution in [0.25, 0.3) is 11.2 Å². The molecule has 2 aromatic rings. The van der Waals surface area contributed by atoms with Crippen LogP contribution in [0.3, 0.4) is 0 Å². The summed E-state index contributed by atoms with van der Waals surface area (Å²) < 4.78 is 27.2. The number of halogens is 1. The lowest BCUT2D eigenvalue weighted by atomic mass is 10.1. The molecule has 0 aromatic carbocycles. The second-order valence-corrected chi connectivity index (χ2v) is 6.00. The van der Waals surface area contributed by atoms with Gasteiger partial charge in [-0.25, -0.2) is 19.3 Å². The Morgan fingerprint density at radius 1 is 1.29 bits per heavy atom. The molecule has 4 heterocycles. The average Bonchev–Trinajstić information content (AvgIpc) is 3.13. The third-order valence-electron chi connectivity index (χ3n) is 4.50. The van der Waals surface area contributed by atoms with Crippen LogP contribution in [0.2, 0.25) is 0 Å². The molecule has 2 saturated heterocycles. The van der Waals surface area contributed by atoms with Crippen molar-refractivity contribution in [3.8, 4) is 0 Å². The Kier molecular flexibility index (Phi) is 4.04. The highest BCUT2D eigenvalue weighted by Gasteiger charge is 2.46. The Morgan fingerprint density at radius 3 is 2.88 bits per heavy atom. The van der Waals surface area contributed by atoms with E-state index in [0.29, 0.717) is 30.9 Å². The molecular formula is C14H19FN6O3. The molecule has 0 bridgehead atoms. The summed E-state index contributed by atoms with van der Waals surface area (Å²) in [6, 6.07) is 0. The van der Waals surface area contributed by atoms with Crippen LogP contribution in [0.15, 0.2) is 12.7 Å². The molecule has 0 spiro atoms. The van der Waals surface area contributed by atoms with Crippen molar-refractivity contribution in [1.29, 1.82) is 0 Å². The van der Waals surface area contributed by atoms with E-state index in [1.54, 1.807) is 0 Å². The molecule has 130 valence electrons. The first kappa shape index (κ1) is 15.6. The zero-order valence-corrected chi connectivity index (χ0v) is 13.0. The van der Waals surface area contributed by atoms with Gasteiger partial charge in [0, 0.05) is 19.6 Å². The molecule has 0 unspecified atom stereocenters. The number of hydrogen-bond donors (Lipinski definition) is 2. The van der Waals surface area contributed by atoms with Gasteiger partial charge in [0.05, 0.1) is 19.5 Å². The van der Waals surface area contributed by atoms with Crippen molar-refractivity contribution in [3.63, 3.8) is 0 Å². The van der Waals surface area contributed by atoms with Gasteiger partial charge in [0.15, 0.2) is 23.9 Å². The number of alkyl halides is 1. The van der Waals surface area contributed by atoms with Crippen molar-refractivity contribution in [1.82, 2.24) is 24.4 Å². The van der Waals surface area contributed by atoms with Crippen LogP contribution in [0.4, 0.5) is 10.2 Å². The van der Waals surface area contributed by atoms with E-state index in [1.165, 1.54) is 17.2 Å². The van der Waals surface area contributed by atoms with Crippen molar-refractivity contribution >= 4 is 17.0 Å². The number of morpholine rings is 1. The fourth-order valence-corrected chi connectivity index (χ4v) is 3.17. The van der Waals surface area contributed by atoms with Crippen LogP contribution in [0, 0.1) is 0 Å². The highest BCUT2D eigenvalue weighted by atomic mass is 19.1. The molecule has 24 heavy (non-hydrogen) atoms. The number of hydrogen-bond acceptors (Lipinski definition) is 8. The van der Waals surface area contributed by atoms with Gasteiger partial charge in [-0.3, -0.25) is 9.47 Å². The monoisotopic (exact) mass is 338 g/mol. The van der Waals surface area contributed by atoms with E-state index in [9.17, 15) is 9.50 Å². The largest absolute Gasteiger partial charge is 0.387 e. The van der Waals surface area contributed by atoms with Gasteiger partial charge in [-0.05, 0) is 0 Å². The first-order chi connectivity index (χ1) is 11.6. The number of rotatable bonds is 3. The summed E-state index contributed by atoms with van der Waals surface area (Å²) in [6.07, 6.45) is -1.71. The predicted molar refractivity (Wildman–Crippen MR) is 81.8 cm³/mol. The predicted octanol–water partition coefficient (Wildman–Crippen LogP) is -0.663. The molecule has 0 saturated carbocycles. The summed E-state index contributed by atoms with van der Waals surface area (Å²) in [4.78, 5) is 14.2. The molecule has 0 radical (unpaired) electrons. The minimum absolute atomic E-state index is 0.220. The van der Waals surface area contributed by atoms with Crippen LogP contribution < -0.4 is 5.73 Å². The summed E-state index contributed by atoms with van der Waals surface area (Å²) >= 11 is 0. The van der Waals surface area contributed by atoms with Gasteiger partial charge < -0.3 is 20.3 Å². The van der Waals surface area contributed by atoms with E-state index in [-0.39, 0.29) is 5.82 Å². The van der Waals surface area contributed by atoms with Crippen molar-refractivity contribution in [2.75, 3.05) is 38.6 Å². The number of nitrogen functional groups attached to an aromatic ring is 1. The van der Waals surface area contributed by atoms with Gasteiger partial charge in [-0.1, -0.05) is 0 Å². The van der Waals surface area contributed by atoms with Crippen molar-refractivity contribution in [2.24, 2.45) is 0 Å². The lowest BCUT2D eigenvalue weighted by Gasteiger charge is -2.29. The van der Waals surface area contributed by atoms with Gasteiger partial charge in [0.25, 0.3) is 0 Å². The molecule has 10 heteroatoms. The van der Waals surface area contributed by atoms with E-state index in [2.05, 4.69) is 19.9 Å². The number of ether oxygens (including phenoxy) is 2. The summed E-state index contributed by atoms with van der Waals surface area (Å²) in [5, 5.41) is 10.2. The quantitative estimate of drug-likeness (QED) is 0.758. The molecule has 2 aliphatic rings. The molecule has 2 aromatic heterocycles. The minimum atomic E-state index is -1.58. The number of nitrogens with two attached hydrogens (primary N) is 1. The Hall–Kier alpha value is -1.88. The van der Waals surface area contributed by atoms with Gasteiger partial charge in [-0.2, -0.15) is 0 Å². The molecule has 2 fully saturated rings. The number of aliphatic hydroxyl groups excluding tert-OH is 1. The van der Waals surface area contributed by atoms with Gasteiger partial charge in [-0.15, -0.1) is 0 Å². The third-order valence-corrected chi connectivity index (χ3v) is 4.50. The number of aromatic nitrogens is 4. The number of aliphatic hydroxyl groups is 1.